The van der Waals surface area contributed by atoms with E-state index in [9.17, 15) is 4.39 Å². The monoisotopic (exact) mass is 250 g/mol. The van der Waals surface area contributed by atoms with Gasteiger partial charge in [0.2, 0.25) is 0 Å². The average molecular weight is 251 g/mol. The van der Waals surface area contributed by atoms with Gasteiger partial charge in [-0.3, -0.25) is 0 Å². The predicted molar refractivity (Wildman–Crippen MR) is 70.3 cm³/mol. The van der Waals surface area contributed by atoms with Crippen molar-refractivity contribution in [2.24, 2.45) is 0 Å². The minimum Gasteiger partial charge on any atom is -0.399 e. The average Bonchev–Trinajstić information content (AvgIpc) is 2.22. The molecule has 88 valence electrons. The first-order valence-electron chi connectivity index (χ1n) is 5.14. The smallest absolute Gasteiger partial charge is 0.126 e. The molecule has 0 spiro atoms. The third-order valence-electron chi connectivity index (χ3n) is 2.40. The fraction of sp³-hybridized carbons (Fsp3) is 0.0769. The molecule has 0 heterocycles. The highest BCUT2D eigenvalue weighted by Crippen LogP contribution is 2.25. The van der Waals surface area contributed by atoms with Crippen LogP contribution in [0.1, 0.15) is 5.56 Å². The van der Waals surface area contributed by atoms with Gasteiger partial charge < -0.3 is 11.1 Å². The lowest BCUT2D eigenvalue weighted by atomic mass is 10.1. The zero-order chi connectivity index (χ0) is 12.4. The van der Waals surface area contributed by atoms with Gasteiger partial charge in [-0.1, -0.05) is 17.7 Å². The number of nitrogens with one attached hydrogen (secondary N) is 1. The molecule has 0 aromatic heterocycles. The lowest BCUT2D eigenvalue weighted by Crippen LogP contribution is -1.95. The summed E-state index contributed by atoms with van der Waals surface area (Å²) in [6.07, 6.45) is 0. The molecule has 4 heteroatoms. The van der Waals surface area contributed by atoms with E-state index in [1.165, 1.54) is 12.1 Å². The Morgan fingerprint density at radius 3 is 2.65 bits per heavy atom. The third kappa shape index (κ3) is 2.88. The summed E-state index contributed by atoms with van der Waals surface area (Å²) in [6.45, 7) is 1.95. The van der Waals surface area contributed by atoms with Crippen molar-refractivity contribution in [3.05, 3.63) is 52.8 Å². The lowest BCUT2D eigenvalue weighted by Gasteiger charge is -2.10. The van der Waals surface area contributed by atoms with Gasteiger partial charge in [-0.25, -0.2) is 4.39 Å². The zero-order valence-electron chi connectivity index (χ0n) is 9.30. The zero-order valence-corrected chi connectivity index (χ0v) is 10.1. The molecule has 3 N–H and O–H groups in total. The second kappa shape index (κ2) is 4.63. The summed E-state index contributed by atoms with van der Waals surface area (Å²) in [7, 11) is 0. The minimum atomic E-state index is -0.374. The normalized spacial score (nSPS) is 10.3. The second-order valence-corrected chi connectivity index (χ2v) is 4.29. The van der Waals surface area contributed by atoms with Gasteiger partial charge in [0.25, 0.3) is 0 Å². The largest absolute Gasteiger partial charge is 0.399 e. The number of aryl methyl sites for hydroxylation is 1. The van der Waals surface area contributed by atoms with E-state index in [0.29, 0.717) is 16.4 Å². The van der Waals surface area contributed by atoms with E-state index >= 15 is 0 Å². The molecule has 0 saturated carbocycles. The number of rotatable bonds is 2. The van der Waals surface area contributed by atoms with Crippen LogP contribution in [-0.4, -0.2) is 0 Å². The molecule has 0 aliphatic carbocycles. The third-order valence-corrected chi connectivity index (χ3v) is 2.62. The molecule has 0 saturated heterocycles. The maximum Gasteiger partial charge on any atom is 0.126 e. The molecule has 2 aromatic carbocycles. The number of benzene rings is 2. The van der Waals surface area contributed by atoms with Crippen LogP contribution in [0, 0.1) is 12.7 Å². The molecule has 2 rings (SSSR count). The quantitative estimate of drug-likeness (QED) is 0.787. The summed E-state index contributed by atoms with van der Waals surface area (Å²) in [6, 6.07) is 9.83. The molecule has 0 aliphatic rings. The van der Waals surface area contributed by atoms with E-state index in [4.69, 9.17) is 17.3 Å². The van der Waals surface area contributed by atoms with Gasteiger partial charge >= 0.3 is 0 Å². The molecule has 2 aromatic rings. The Labute approximate surface area is 104 Å². The standard InChI is InChI=1S/C13H12ClFN2/c1-8-2-3-11(16)7-13(8)17-12-5-9(14)4-10(15)6-12/h2-7,17H,16H2,1H3. The maximum absolute atomic E-state index is 13.2. The first kappa shape index (κ1) is 11.7. The molecule has 0 aliphatic heterocycles. The summed E-state index contributed by atoms with van der Waals surface area (Å²) in [5.41, 5.74) is 8.82. The summed E-state index contributed by atoms with van der Waals surface area (Å²) >= 11 is 5.78. The molecule has 0 bridgehead atoms. The van der Waals surface area contributed by atoms with E-state index in [1.54, 1.807) is 12.1 Å². The number of halogens is 2. The van der Waals surface area contributed by atoms with Crippen LogP contribution in [0.4, 0.5) is 21.5 Å². The van der Waals surface area contributed by atoms with Gasteiger partial charge in [0.05, 0.1) is 0 Å². The van der Waals surface area contributed by atoms with Crippen LogP contribution in [0.5, 0.6) is 0 Å². The number of anilines is 3. The van der Waals surface area contributed by atoms with Crippen molar-refractivity contribution >= 4 is 28.7 Å². The van der Waals surface area contributed by atoms with E-state index in [2.05, 4.69) is 5.32 Å². The Balaban J connectivity index is 2.34. The Hall–Kier alpha value is -1.74. The molecule has 0 atom stereocenters. The molecule has 2 nitrogen and oxygen atoms in total. The summed E-state index contributed by atoms with van der Waals surface area (Å²) in [5.74, 6) is -0.374. The highest BCUT2D eigenvalue weighted by molar-refractivity contribution is 6.30. The summed E-state index contributed by atoms with van der Waals surface area (Å²) in [4.78, 5) is 0. The number of nitrogens with two attached hydrogens (primary N) is 1. The predicted octanol–water partition coefficient (Wildman–Crippen LogP) is 4.11. The molecule has 17 heavy (non-hydrogen) atoms. The number of nitrogen functional groups attached to an aromatic ring is 1. The van der Waals surface area contributed by atoms with Crippen molar-refractivity contribution in [3.8, 4) is 0 Å². The van der Waals surface area contributed by atoms with Crippen LogP contribution in [-0.2, 0) is 0 Å². The first-order chi connectivity index (χ1) is 8.04. The van der Waals surface area contributed by atoms with Gasteiger partial charge in [0.1, 0.15) is 5.82 Å². The number of hydrogen-bond donors (Lipinski definition) is 2. The SMILES string of the molecule is Cc1ccc(N)cc1Nc1cc(F)cc(Cl)c1. The van der Waals surface area contributed by atoms with E-state index in [0.717, 1.165) is 11.3 Å². The van der Waals surface area contributed by atoms with Crippen LogP contribution in [0.25, 0.3) is 0 Å². The maximum atomic E-state index is 13.2. The summed E-state index contributed by atoms with van der Waals surface area (Å²) < 4.78 is 13.2. The highest BCUT2D eigenvalue weighted by Gasteiger charge is 2.02. The molecule has 0 radical (unpaired) electrons. The van der Waals surface area contributed by atoms with Crippen molar-refractivity contribution in [2.45, 2.75) is 6.92 Å². The highest BCUT2D eigenvalue weighted by atomic mass is 35.5. The van der Waals surface area contributed by atoms with E-state index < -0.39 is 0 Å². The van der Waals surface area contributed by atoms with Crippen LogP contribution in [0.15, 0.2) is 36.4 Å². The van der Waals surface area contributed by atoms with Crippen molar-refractivity contribution in [1.82, 2.24) is 0 Å². The Morgan fingerprint density at radius 2 is 1.94 bits per heavy atom. The van der Waals surface area contributed by atoms with Gasteiger partial charge in [-0.2, -0.15) is 0 Å². The Bertz CT molecular complexity index is 535. The van der Waals surface area contributed by atoms with Gasteiger partial charge in [-0.15, -0.1) is 0 Å². The topological polar surface area (TPSA) is 38.0 Å². The number of hydrogen-bond acceptors (Lipinski definition) is 2. The molecule has 0 unspecified atom stereocenters. The van der Waals surface area contributed by atoms with Crippen LogP contribution < -0.4 is 11.1 Å². The molecular formula is C13H12ClFN2. The van der Waals surface area contributed by atoms with Crippen LogP contribution >= 0.6 is 11.6 Å². The van der Waals surface area contributed by atoms with Crippen molar-refractivity contribution in [3.63, 3.8) is 0 Å². The molecule has 0 fully saturated rings. The summed E-state index contributed by atoms with van der Waals surface area (Å²) in [5, 5.41) is 3.45. The Morgan fingerprint density at radius 1 is 1.18 bits per heavy atom. The van der Waals surface area contributed by atoms with Crippen molar-refractivity contribution in [2.75, 3.05) is 11.1 Å². The van der Waals surface area contributed by atoms with Gasteiger partial charge in [0, 0.05) is 22.1 Å². The lowest BCUT2D eigenvalue weighted by molar-refractivity contribution is 0.628. The molecular weight excluding hydrogens is 239 g/mol. The van der Waals surface area contributed by atoms with E-state index in [1.807, 2.05) is 19.1 Å². The van der Waals surface area contributed by atoms with E-state index in [-0.39, 0.29) is 5.82 Å². The fourth-order valence-corrected chi connectivity index (χ4v) is 1.78. The fourth-order valence-electron chi connectivity index (χ4n) is 1.56. The van der Waals surface area contributed by atoms with Crippen molar-refractivity contribution < 1.29 is 4.39 Å². The first-order valence-corrected chi connectivity index (χ1v) is 5.51. The minimum absolute atomic E-state index is 0.356. The van der Waals surface area contributed by atoms with Gasteiger partial charge in [0.15, 0.2) is 0 Å². The van der Waals surface area contributed by atoms with Crippen LogP contribution in [0.2, 0.25) is 5.02 Å². The Kier molecular flexibility index (Phi) is 3.20. The van der Waals surface area contributed by atoms with Crippen LogP contribution in [0.3, 0.4) is 0 Å². The second-order valence-electron chi connectivity index (χ2n) is 3.86. The molecule has 0 amide bonds. The van der Waals surface area contributed by atoms with Gasteiger partial charge in [-0.05, 0) is 42.8 Å². The van der Waals surface area contributed by atoms with Crippen molar-refractivity contribution in [1.29, 1.82) is 0 Å².